The third-order valence-electron chi connectivity index (χ3n) is 8.32. The van der Waals surface area contributed by atoms with Crippen molar-refractivity contribution in [1.82, 2.24) is 24.6 Å². The van der Waals surface area contributed by atoms with E-state index in [4.69, 9.17) is 40.2 Å². The molecule has 0 bridgehead atoms. The first kappa shape index (κ1) is 39.1. The number of anilines is 1. The number of imidazole rings is 1. The normalized spacial score (nSPS) is 20.1. The molecule has 4 aromatic rings. The highest BCUT2D eigenvalue weighted by Crippen LogP contribution is 2.49. The van der Waals surface area contributed by atoms with Gasteiger partial charge in [0.05, 0.1) is 12.4 Å². The number of carbonyl (C=O) groups excluding carboxylic acids is 2. The molecule has 0 radical (unpaired) electrons. The number of benzene rings is 2. The van der Waals surface area contributed by atoms with Crippen molar-refractivity contribution in [1.29, 1.82) is 0 Å². The highest BCUT2D eigenvalue weighted by molar-refractivity contribution is 7.52. The lowest BCUT2D eigenvalue weighted by atomic mass is 9.99. The van der Waals surface area contributed by atoms with E-state index < -0.39 is 68.7 Å². The van der Waals surface area contributed by atoms with Crippen LogP contribution in [0.3, 0.4) is 0 Å². The van der Waals surface area contributed by atoms with Gasteiger partial charge in [0.1, 0.15) is 30.7 Å². The van der Waals surface area contributed by atoms with E-state index in [-0.39, 0.29) is 35.6 Å². The largest absolute Gasteiger partial charge is 0.508 e. The Morgan fingerprint density at radius 1 is 1.11 bits per heavy atom. The van der Waals surface area contributed by atoms with Crippen LogP contribution in [0.5, 0.6) is 5.75 Å². The molecule has 1 fully saturated rings. The maximum atomic E-state index is 14.8. The Labute approximate surface area is 306 Å². The van der Waals surface area contributed by atoms with Crippen LogP contribution < -0.4 is 15.3 Å². The Morgan fingerprint density at radius 3 is 2.43 bits per heavy atom. The molecule has 3 heterocycles. The zero-order chi connectivity index (χ0) is 38.2. The van der Waals surface area contributed by atoms with Crippen molar-refractivity contribution in [2.24, 2.45) is 0 Å². The van der Waals surface area contributed by atoms with E-state index in [2.05, 4.69) is 26.0 Å². The smallest absolute Gasteiger partial charge is 0.462 e. The molecule has 3 N–H and O–H groups in total. The second-order valence-corrected chi connectivity index (χ2v) is 14.2. The highest BCUT2D eigenvalue weighted by atomic mass is 31.2. The summed E-state index contributed by atoms with van der Waals surface area (Å²) in [7, 11) is -4.57. The summed E-state index contributed by atoms with van der Waals surface area (Å²) in [4.78, 5) is 38.0. The van der Waals surface area contributed by atoms with Gasteiger partial charge in [-0.3, -0.25) is 13.9 Å². The number of terminal acetylenes is 1. The van der Waals surface area contributed by atoms with Crippen molar-refractivity contribution in [3.63, 3.8) is 0 Å². The molecule has 17 heteroatoms. The number of nitrogen functional groups attached to an aromatic ring is 1. The fourth-order valence-corrected chi connectivity index (χ4v) is 7.15. The minimum Gasteiger partial charge on any atom is -0.462 e. The number of nitrogens with two attached hydrogens (primary N) is 1. The van der Waals surface area contributed by atoms with Gasteiger partial charge in [0.25, 0.3) is 0 Å². The summed E-state index contributed by atoms with van der Waals surface area (Å²) in [5, 5.41) is 2.76. The van der Waals surface area contributed by atoms with Gasteiger partial charge in [-0.2, -0.15) is 19.4 Å². The molecule has 0 saturated carbocycles. The van der Waals surface area contributed by atoms with Gasteiger partial charge in [0.15, 0.2) is 28.7 Å². The molecule has 5 rings (SSSR count). The Hall–Kier alpha value is -5.07. The third-order valence-corrected chi connectivity index (χ3v) is 9.87. The number of rotatable bonds is 16. The SMILES string of the molecule is C#C[C@]1(CO[P@@](=O)(N[C@@H](Cc2ccccc2)C(=O)OC(C)C)Oc2ccccc2)O[C@@H](n2cnc3c(N)nc(F)nc32)C[C@@H]1OC(=O)OC(CC)CC. The molecule has 2 aromatic heterocycles. The predicted molar refractivity (Wildman–Crippen MR) is 191 cm³/mol. The maximum Gasteiger partial charge on any atom is 0.508 e. The Balaban J connectivity index is 1.50. The number of esters is 1. The van der Waals surface area contributed by atoms with E-state index >= 15 is 0 Å². The molecule has 282 valence electrons. The van der Waals surface area contributed by atoms with Crippen molar-refractivity contribution in [2.75, 3.05) is 12.3 Å². The standard InChI is InChI=1S/C36H42FN6O9P/c1-6-25(7-2)49-35(45)50-28-20-29(43-22-39-30-31(38)40-34(37)41-32(30)43)51-36(28,8-3)21-47-53(46,52-26-17-13-10-14-18-26)42-27(33(44)48-23(4)5)19-24-15-11-9-12-16-24/h3,9-18,22-23,25,27-29H,6-7,19-21H2,1-2,4-5H3,(H,42,46)(H2,38,40,41)/t27-,28-,29+,36+,53-/m0/s1. The summed E-state index contributed by atoms with van der Waals surface area (Å²) in [6.07, 6.45) is 2.98. The van der Waals surface area contributed by atoms with Crippen LogP contribution in [0.1, 0.15) is 58.7 Å². The molecule has 1 aliphatic rings. The minimum atomic E-state index is -4.57. The first-order chi connectivity index (χ1) is 25.4. The molecule has 0 aliphatic carbocycles. The summed E-state index contributed by atoms with van der Waals surface area (Å²) < 4.78 is 65.5. The molecule has 15 nitrogen and oxygen atoms in total. The fraction of sp³-hybridized carbons (Fsp3) is 0.417. The number of para-hydroxylation sites is 1. The molecule has 0 spiro atoms. The van der Waals surface area contributed by atoms with Gasteiger partial charge in [-0.1, -0.05) is 68.3 Å². The van der Waals surface area contributed by atoms with E-state index in [9.17, 15) is 18.5 Å². The summed E-state index contributed by atoms with van der Waals surface area (Å²) in [5.41, 5.74) is 4.74. The number of hydrogen-bond donors (Lipinski definition) is 2. The molecule has 0 amide bonds. The number of nitrogens with one attached hydrogen (secondary N) is 1. The second-order valence-electron chi connectivity index (χ2n) is 12.5. The zero-order valence-corrected chi connectivity index (χ0v) is 30.6. The van der Waals surface area contributed by atoms with Gasteiger partial charge in [-0.25, -0.2) is 14.3 Å². The van der Waals surface area contributed by atoms with Gasteiger partial charge < -0.3 is 29.2 Å². The van der Waals surface area contributed by atoms with Gasteiger partial charge in [-0.05, 0) is 50.8 Å². The lowest BCUT2D eigenvalue weighted by molar-refractivity contribution is -0.149. The highest BCUT2D eigenvalue weighted by Gasteiger charge is 2.54. The minimum absolute atomic E-state index is 0.0146. The number of hydrogen-bond acceptors (Lipinski definition) is 13. The average Bonchev–Trinajstić information content (AvgIpc) is 3.72. The number of halogens is 1. The number of carbonyl (C=O) groups is 2. The Bertz CT molecular complexity index is 1960. The van der Waals surface area contributed by atoms with Crippen LogP contribution in [0, 0.1) is 18.4 Å². The third kappa shape index (κ3) is 9.68. The van der Waals surface area contributed by atoms with Gasteiger partial charge in [0, 0.05) is 6.42 Å². The van der Waals surface area contributed by atoms with E-state index in [0.29, 0.717) is 12.8 Å². The van der Waals surface area contributed by atoms with Crippen LogP contribution in [0.2, 0.25) is 0 Å². The lowest BCUT2D eigenvalue weighted by Crippen LogP contribution is -2.46. The molecular formula is C36H42FN6O9P. The quantitative estimate of drug-likeness (QED) is 0.0595. The Kier molecular flexibility index (Phi) is 12.7. The number of ether oxygens (including phenoxy) is 4. The summed E-state index contributed by atoms with van der Waals surface area (Å²) in [6.45, 7) is 6.38. The Morgan fingerprint density at radius 2 is 1.79 bits per heavy atom. The van der Waals surface area contributed by atoms with E-state index in [0.717, 1.165) is 5.56 Å². The van der Waals surface area contributed by atoms with Crippen LogP contribution in [0.4, 0.5) is 15.0 Å². The van der Waals surface area contributed by atoms with Crippen LogP contribution in [-0.4, -0.2) is 68.2 Å². The van der Waals surface area contributed by atoms with Crippen LogP contribution in [0.25, 0.3) is 11.2 Å². The average molecular weight is 753 g/mol. The molecule has 2 aromatic carbocycles. The van der Waals surface area contributed by atoms with Gasteiger partial charge in [0.2, 0.25) is 0 Å². The molecular weight excluding hydrogens is 710 g/mol. The van der Waals surface area contributed by atoms with Crippen LogP contribution in [-0.2, 0) is 39.3 Å². The molecule has 1 aliphatic heterocycles. The first-order valence-electron chi connectivity index (χ1n) is 17.1. The summed E-state index contributed by atoms with van der Waals surface area (Å²) in [5.74, 6) is 1.74. The van der Waals surface area contributed by atoms with Crippen molar-refractivity contribution < 1.29 is 46.5 Å². The lowest BCUT2D eigenvalue weighted by Gasteiger charge is -2.31. The van der Waals surface area contributed by atoms with Crippen LogP contribution in [0.15, 0.2) is 67.0 Å². The topological polar surface area (TPSA) is 188 Å². The number of aromatic nitrogens is 4. The molecule has 1 saturated heterocycles. The molecule has 0 unspecified atom stereocenters. The second kappa shape index (κ2) is 17.2. The predicted octanol–water partition coefficient (Wildman–Crippen LogP) is 5.91. The van der Waals surface area contributed by atoms with E-state index in [1.54, 1.807) is 68.4 Å². The van der Waals surface area contributed by atoms with Crippen LogP contribution >= 0.6 is 7.75 Å². The molecule has 53 heavy (non-hydrogen) atoms. The van der Waals surface area contributed by atoms with Crippen molar-refractivity contribution in [3.8, 4) is 18.1 Å². The van der Waals surface area contributed by atoms with Crippen molar-refractivity contribution in [2.45, 2.75) is 89.6 Å². The monoisotopic (exact) mass is 752 g/mol. The van der Waals surface area contributed by atoms with Crippen molar-refractivity contribution >= 4 is 36.9 Å². The fourth-order valence-electron chi connectivity index (χ4n) is 5.63. The number of fused-ring (bicyclic) bond motifs is 1. The molecule has 5 atom stereocenters. The van der Waals surface area contributed by atoms with Gasteiger partial charge in [-0.15, -0.1) is 6.42 Å². The zero-order valence-electron chi connectivity index (χ0n) is 29.7. The maximum absolute atomic E-state index is 14.8. The van der Waals surface area contributed by atoms with E-state index in [1.807, 2.05) is 19.9 Å². The van der Waals surface area contributed by atoms with E-state index in [1.165, 1.54) is 10.9 Å². The van der Waals surface area contributed by atoms with Crippen molar-refractivity contribution in [3.05, 3.63) is 78.6 Å². The van der Waals surface area contributed by atoms with Gasteiger partial charge >= 0.3 is 25.9 Å². The summed E-state index contributed by atoms with van der Waals surface area (Å²) >= 11 is 0. The summed E-state index contributed by atoms with van der Waals surface area (Å²) in [6, 6.07) is 16.0. The first-order valence-corrected chi connectivity index (χ1v) is 18.6. The number of nitrogens with zero attached hydrogens (tertiary/aromatic N) is 4.